The average Bonchev–Trinajstić information content (AvgIpc) is 2.70. The van der Waals surface area contributed by atoms with Gasteiger partial charge >= 0.3 is 0 Å². The molecule has 3 rings (SSSR count). The molecule has 1 aliphatic rings. The summed E-state index contributed by atoms with van der Waals surface area (Å²) >= 11 is 0. The van der Waals surface area contributed by atoms with Crippen LogP contribution in [0.2, 0.25) is 0 Å². The summed E-state index contributed by atoms with van der Waals surface area (Å²) in [5, 5.41) is 6.50. The third-order valence-electron chi connectivity index (χ3n) is 5.82. The zero-order valence-corrected chi connectivity index (χ0v) is 17.7. The van der Waals surface area contributed by atoms with Crippen molar-refractivity contribution in [2.45, 2.75) is 52.6 Å². The Bertz CT molecular complexity index is 873. The van der Waals surface area contributed by atoms with Crippen molar-refractivity contribution in [2.24, 2.45) is 0 Å². The molecule has 0 aliphatic carbocycles. The molecule has 1 saturated heterocycles. The summed E-state index contributed by atoms with van der Waals surface area (Å²) in [6.07, 6.45) is 1.73. The van der Waals surface area contributed by atoms with Crippen LogP contribution in [0.25, 0.3) is 0 Å². The van der Waals surface area contributed by atoms with E-state index >= 15 is 0 Å². The van der Waals surface area contributed by atoms with E-state index in [1.807, 2.05) is 33.8 Å². The Morgan fingerprint density at radius 1 is 1.14 bits per heavy atom. The van der Waals surface area contributed by atoms with Gasteiger partial charge in [0.15, 0.2) is 0 Å². The summed E-state index contributed by atoms with van der Waals surface area (Å²) in [5.74, 6) is -0.235. The minimum atomic E-state index is -0.357. The number of halogens is 1. The Kier molecular flexibility index (Phi) is 6.30. The highest BCUT2D eigenvalue weighted by Crippen LogP contribution is 2.29. The number of aryl methyl sites for hydroxylation is 2. The second-order valence-corrected chi connectivity index (χ2v) is 8.04. The molecule has 2 aromatic rings. The number of nitrogens with one attached hydrogen (secondary N) is 2. The van der Waals surface area contributed by atoms with Gasteiger partial charge in [0.2, 0.25) is 5.91 Å². The van der Waals surface area contributed by atoms with E-state index in [2.05, 4.69) is 15.5 Å². The monoisotopic (exact) mass is 398 g/mol. The fourth-order valence-electron chi connectivity index (χ4n) is 3.97. The number of nitrogen functional groups attached to an aromatic ring is 1. The Balaban J connectivity index is 1.55. The molecule has 1 heterocycles. The number of nitrogens with two attached hydrogens (primary N) is 1. The lowest BCUT2D eigenvalue weighted by Crippen LogP contribution is -2.48. The van der Waals surface area contributed by atoms with Crippen LogP contribution in [0.4, 0.5) is 21.5 Å². The van der Waals surface area contributed by atoms with E-state index in [9.17, 15) is 9.18 Å². The first-order valence-electron chi connectivity index (χ1n) is 10.2. The first kappa shape index (κ1) is 21.0. The topological polar surface area (TPSA) is 70.4 Å². The molecule has 156 valence electrons. The normalized spacial score (nSPS) is 15.8. The number of amides is 1. The summed E-state index contributed by atoms with van der Waals surface area (Å²) < 4.78 is 13.1. The fourth-order valence-corrected chi connectivity index (χ4v) is 3.97. The zero-order valence-electron chi connectivity index (χ0n) is 17.7. The minimum Gasteiger partial charge on any atom is -0.398 e. The van der Waals surface area contributed by atoms with Crippen molar-refractivity contribution in [3.05, 3.63) is 52.8 Å². The van der Waals surface area contributed by atoms with E-state index in [-0.39, 0.29) is 23.8 Å². The van der Waals surface area contributed by atoms with Gasteiger partial charge in [-0.3, -0.25) is 4.79 Å². The van der Waals surface area contributed by atoms with Crippen molar-refractivity contribution in [2.75, 3.05) is 29.0 Å². The maximum Gasteiger partial charge on any atom is 0.242 e. The zero-order chi connectivity index (χ0) is 21.1. The number of hydrogen-bond acceptors (Lipinski definition) is 4. The molecule has 0 spiro atoms. The van der Waals surface area contributed by atoms with Crippen molar-refractivity contribution in [1.29, 1.82) is 0 Å². The first-order chi connectivity index (χ1) is 13.8. The molecule has 6 heteroatoms. The molecule has 0 radical (unpaired) electrons. The quantitative estimate of drug-likeness (QED) is 0.668. The van der Waals surface area contributed by atoms with E-state index in [0.717, 1.165) is 59.7 Å². The molecule has 0 saturated carbocycles. The summed E-state index contributed by atoms with van der Waals surface area (Å²) in [6, 6.07) is 8.41. The Morgan fingerprint density at radius 2 is 1.76 bits per heavy atom. The number of rotatable bonds is 5. The molecule has 2 aromatic carbocycles. The van der Waals surface area contributed by atoms with Gasteiger partial charge in [-0.05, 0) is 81.5 Å². The van der Waals surface area contributed by atoms with Gasteiger partial charge in [-0.25, -0.2) is 4.39 Å². The largest absolute Gasteiger partial charge is 0.398 e. The average molecular weight is 399 g/mol. The predicted octanol–water partition coefficient (Wildman–Crippen LogP) is 3.92. The first-order valence-corrected chi connectivity index (χ1v) is 10.2. The van der Waals surface area contributed by atoms with Gasteiger partial charge in [0.25, 0.3) is 0 Å². The van der Waals surface area contributed by atoms with E-state index in [0.29, 0.717) is 0 Å². The van der Waals surface area contributed by atoms with E-state index < -0.39 is 0 Å². The minimum absolute atomic E-state index is 0.0109. The van der Waals surface area contributed by atoms with Crippen LogP contribution in [-0.2, 0) is 4.79 Å². The molecule has 4 N–H and O–H groups in total. The SMILES string of the molecule is Cc1cc(C)c(NC(C)C(=O)NC2CCN(c3ccc(F)cc3)CC2)c(C)c1N. The van der Waals surface area contributed by atoms with Crippen molar-refractivity contribution >= 4 is 23.0 Å². The molecule has 1 amide bonds. The molecule has 29 heavy (non-hydrogen) atoms. The van der Waals surface area contributed by atoms with Crippen LogP contribution in [-0.4, -0.2) is 31.1 Å². The van der Waals surface area contributed by atoms with Gasteiger partial charge in [-0.1, -0.05) is 6.07 Å². The molecule has 5 nitrogen and oxygen atoms in total. The second kappa shape index (κ2) is 8.72. The number of benzene rings is 2. The number of carbonyl (C=O) groups excluding carboxylic acids is 1. The summed E-state index contributed by atoms with van der Waals surface area (Å²) in [7, 11) is 0. The van der Waals surface area contributed by atoms with Gasteiger partial charge in [-0.2, -0.15) is 0 Å². The second-order valence-electron chi connectivity index (χ2n) is 8.04. The van der Waals surface area contributed by atoms with E-state index in [1.54, 1.807) is 12.1 Å². The molecule has 1 atom stereocenters. The third-order valence-corrected chi connectivity index (χ3v) is 5.82. The Labute approximate surface area is 172 Å². The van der Waals surface area contributed by atoms with Gasteiger partial charge < -0.3 is 21.3 Å². The molecular weight excluding hydrogens is 367 g/mol. The van der Waals surface area contributed by atoms with Crippen LogP contribution in [0.3, 0.4) is 0 Å². The van der Waals surface area contributed by atoms with Crippen molar-refractivity contribution in [3.63, 3.8) is 0 Å². The van der Waals surface area contributed by atoms with Crippen molar-refractivity contribution < 1.29 is 9.18 Å². The maximum atomic E-state index is 13.1. The van der Waals surface area contributed by atoms with Crippen LogP contribution in [0, 0.1) is 26.6 Å². The summed E-state index contributed by atoms with van der Waals surface area (Å²) in [5.41, 5.74) is 12.0. The van der Waals surface area contributed by atoms with Crippen LogP contribution in [0.1, 0.15) is 36.5 Å². The summed E-state index contributed by atoms with van der Waals surface area (Å²) in [6.45, 7) is 9.55. The lowest BCUT2D eigenvalue weighted by molar-refractivity contribution is -0.122. The van der Waals surface area contributed by atoms with E-state index in [1.165, 1.54) is 12.1 Å². The Hall–Kier alpha value is -2.76. The third kappa shape index (κ3) is 4.81. The highest BCUT2D eigenvalue weighted by Gasteiger charge is 2.23. The number of hydrogen-bond donors (Lipinski definition) is 3. The van der Waals surface area contributed by atoms with Crippen LogP contribution in [0.5, 0.6) is 0 Å². The number of piperidine rings is 1. The standard InChI is InChI=1S/C23H31FN4O/c1-14-13-15(2)22(16(3)21(14)25)26-17(4)23(29)27-19-9-11-28(12-10-19)20-7-5-18(24)6-8-20/h5-8,13,17,19,26H,9-12,25H2,1-4H3,(H,27,29). The van der Waals surface area contributed by atoms with Crippen LogP contribution in [0.15, 0.2) is 30.3 Å². The van der Waals surface area contributed by atoms with Gasteiger partial charge in [0.1, 0.15) is 11.9 Å². The van der Waals surface area contributed by atoms with E-state index in [4.69, 9.17) is 5.73 Å². The highest BCUT2D eigenvalue weighted by atomic mass is 19.1. The van der Waals surface area contributed by atoms with Crippen LogP contribution < -0.4 is 21.3 Å². The van der Waals surface area contributed by atoms with Gasteiger partial charge in [0, 0.05) is 36.2 Å². The number of carbonyl (C=O) groups is 1. The number of nitrogens with zero attached hydrogens (tertiary/aromatic N) is 1. The molecule has 0 aromatic heterocycles. The Morgan fingerprint density at radius 3 is 2.38 bits per heavy atom. The highest BCUT2D eigenvalue weighted by molar-refractivity contribution is 5.85. The molecule has 0 bridgehead atoms. The van der Waals surface area contributed by atoms with Crippen LogP contribution >= 0.6 is 0 Å². The van der Waals surface area contributed by atoms with Gasteiger partial charge in [0.05, 0.1) is 0 Å². The molecular formula is C23H31FN4O. The van der Waals surface area contributed by atoms with Gasteiger partial charge in [-0.15, -0.1) is 0 Å². The number of anilines is 3. The predicted molar refractivity (Wildman–Crippen MR) is 118 cm³/mol. The fraction of sp³-hybridized carbons (Fsp3) is 0.435. The smallest absolute Gasteiger partial charge is 0.242 e. The van der Waals surface area contributed by atoms with Crippen molar-refractivity contribution in [3.8, 4) is 0 Å². The molecule has 1 aliphatic heterocycles. The molecule has 1 unspecified atom stereocenters. The lowest BCUT2D eigenvalue weighted by atomic mass is 10.0. The lowest BCUT2D eigenvalue weighted by Gasteiger charge is -2.34. The molecule has 1 fully saturated rings. The summed E-state index contributed by atoms with van der Waals surface area (Å²) in [4.78, 5) is 14.9. The van der Waals surface area contributed by atoms with Crippen molar-refractivity contribution in [1.82, 2.24) is 5.32 Å². The maximum absolute atomic E-state index is 13.1.